The Morgan fingerprint density at radius 3 is 2.25 bits per heavy atom. The summed E-state index contributed by atoms with van der Waals surface area (Å²) in [5.74, 6) is -0.668. The third-order valence-corrected chi connectivity index (χ3v) is 2.77. The van der Waals surface area contributed by atoms with Gasteiger partial charge in [-0.3, -0.25) is 24.2 Å². The van der Waals surface area contributed by atoms with Gasteiger partial charge in [0.2, 0.25) is 11.8 Å². The van der Waals surface area contributed by atoms with Gasteiger partial charge in [0.25, 0.3) is 0 Å². The molecule has 0 atom stereocenters. The topological polar surface area (TPSA) is 66.9 Å². The molecule has 0 fully saturated rings. The van der Waals surface area contributed by atoms with Gasteiger partial charge >= 0.3 is 5.97 Å². The molecule has 0 bridgehead atoms. The minimum Gasteiger partial charge on any atom is -0.466 e. The molecule has 6 nitrogen and oxygen atoms in total. The first kappa shape index (κ1) is 15.9. The van der Waals surface area contributed by atoms with Crippen molar-refractivity contribution in [3.63, 3.8) is 0 Å². The average Bonchev–Trinajstić information content (AvgIpc) is 2.45. The highest BCUT2D eigenvalue weighted by molar-refractivity contribution is 5.83. The fraction of sp³-hybridized carbons (Fsp3) is 0.500. The van der Waals surface area contributed by atoms with Crippen LogP contribution in [-0.4, -0.2) is 34.2 Å². The molecule has 1 heterocycles. The number of rotatable bonds is 5. The number of carbonyl (C=O) groups is 3. The van der Waals surface area contributed by atoms with Gasteiger partial charge in [-0.15, -0.1) is 0 Å². The molecule has 110 valence electrons. The van der Waals surface area contributed by atoms with Crippen molar-refractivity contribution in [2.75, 3.05) is 6.61 Å². The van der Waals surface area contributed by atoms with Gasteiger partial charge in [-0.1, -0.05) is 13.8 Å². The van der Waals surface area contributed by atoms with Crippen molar-refractivity contribution in [1.82, 2.24) is 9.80 Å². The van der Waals surface area contributed by atoms with Crippen molar-refractivity contribution in [1.29, 1.82) is 0 Å². The largest absolute Gasteiger partial charge is 0.466 e. The van der Waals surface area contributed by atoms with Gasteiger partial charge in [0.15, 0.2) is 0 Å². The zero-order valence-corrected chi connectivity index (χ0v) is 12.1. The van der Waals surface area contributed by atoms with Gasteiger partial charge in [-0.05, 0) is 6.92 Å². The number of ether oxygens (including phenoxy) is 1. The first-order chi connectivity index (χ1) is 9.53. The van der Waals surface area contributed by atoms with Crippen LogP contribution in [0, 0.1) is 0 Å². The van der Waals surface area contributed by atoms with Crippen LogP contribution in [0.15, 0.2) is 24.3 Å². The standard InChI is InChI=1S/C14H20N2O4/c1-4-12(17)15-7-8-16(13(18)5-2)11(10-15)9-14(19)20-6-3/h7-8,10H,4-6,9H2,1-3H3. The van der Waals surface area contributed by atoms with E-state index in [0.29, 0.717) is 18.5 Å². The second kappa shape index (κ2) is 7.47. The molecule has 0 aromatic heterocycles. The first-order valence-electron chi connectivity index (χ1n) is 6.71. The number of hydrogen-bond donors (Lipinski definition) is 0. The molecule has 0 saturated carbocycles. The predicted octanol–water partition coefficient (Wildman–Crippen LogP) is 1.74. The summed E-state index contributed by atoms with van der Waals surface area (Å²) in [4.78, 5) is 37.9. The molecule has 0 aromatic rings. The quantitative estimate of drug-likeness (QED) is 0.719. The molecule has 0 aliphatic carbocycles. The Morgan fingerprint density at radius 2 is 1.70 bits per heavy atom. The molecule has 0 aromatic carbocycles. The molecule has 0 N–H and O–H groups in total. The second-order valence-electron chi connectivity index (χ2n) is 4.17. The molecule has 20 heavy (non-hydrogen) atoms. The van der Waals surface area contributed by atoms with E-state index in [1.165, 1.54) is 28.4 Å². The highest BCUT2D eigenvalue weighted by Crippen LogP contribution is 2.19. The van der Waals surface area contributed by atoms with Gasteiger partial charge in [-0.2, -0.15) is 0 Å². The van der Waals surface area contributed by atoms with E-state index in [0.717, 1.165) is 0 Å². The van der Waals surface area contributed by atoms with Crippen LogP contribution in [0.2, 0.25) is 0 Å². The van der Waals surface area contributed by atoms with E-state index in [9.17, 15) is 14.4 Å². The summed E-state index contributed by atoms with van der Waals surface area (Å²) in [7, 11) is 0. The number of nitrogens with zero attached hydrogens (tertiary/aromatic N) is 2. The van der Waals surface area contributed by atoms with E-state index < -0.39 is 5.97 Å². The lowest BCUT2D eigenvalue weighted by Gasteiger charge is -2.28. The molecule has 1 aliphatic rings. The lowest BCUT2D eigenvalue weighted by Crippen LogP contribution is -2.33. The molecule has 0 spiro atoms. The molecule has 0 radical (unpaired) electrons. The fourth-order valence-corrected chi connectivity index (χ4v) is 1.74. The Hall–Kier alpha value is -2.11. The molecular weight excluding hydrogens is 260 g/mol. The smallest absolute Gasteiger partial charge is 0.311 e. The van der Waals surface area contributed by atoms with Crippen LogP contribution >= 0.6 is 0 Å². The first-order valence-corrected chi connectivity index (χ1v) is 6.71. The summed E-state index contributed by atoms with van der Waals surface area (Å²) in [6.07, 6.45) is 5.15. The Bertz CT molecular complexity index is 454. The normalized spacial score (nSPS) is 14.1. The second-order valence-corrected chi connectivity index (χ2v) is 4.17. The van der Waals surface area contributed by atoms with Crippen LogP contribution in [0.3, 0.4) is 0 Å². The van der Waals surface area contributed by atoms with Crippen LogP contribution in [0.5, 0.6) is 0 Å². The Labute approximate surface area is 118 Å². The van der Waals surface area contributed by atoms with Crippen LogP contribution in [0.4, 0.5) is 0 Å². The maximum absolute atomic E-state index is 11.8. The summed E-state index contributed by atoms with van der Waals surface area (Å²) < 4.78 is 4.88. The fourth-order valence-electron chi connectivity index (χ4n) is 1.74. The highest BCUT2D eigenvalue weighted by Gasteiger charge is 2.23. The van der Waals surface area contributed by atoms with E-state index in [4.69, 9.17) is 4.74 Å². The van der Waals surface area contributed by atoms with E-state index in [1.54, 1.807) is 20.8 Å². The lowest BCUT2D eigenvalue weighted by atomic mass is 10.2. The minimum absolute atomic E-state index is 0.0442. The summed E-state index contributed by atoms with van der Waals surface area (Å²) in [6, 6.07) is 0. The zero-order chi connectivity index (χ0) is 15.1. The van der Waals surface area contributed by atoms with Gasteiger partial charge in [-0.25, -0.2) is 0 Å². The van der Waals surface area contributed by atoms with Crippen molar-refractivity contribution in [2.45, 2.75) is 40.0 Å². The summed E-state index contributed by atoms with van der Waals surface area (Å²) >= 11 is 0. The van der Waals surface area contributed by atoms with E-state index >= 15 is 0 Å². The number of esters is 1. The zero-order valence-electron chi connectivity index (χ0n) is 12.1. The molecular formula is C14H20N2O4. The molecule has 0 saturated heterocycles. The number of carbonyl (C=O) groups excluding carboxylic acids is 3. The molecule has 1 rings (SSSR count). The van der Waals surface area contributed by atoms with Gasteiger partial charge < -0.3 is 4.74 Å². The maximum atomic E-state index is 11.8. The molecule has 2 amide bonds. The van der Waals surface area contributed by atoms with Crippen molar-refractivity contribution >= 4 is 17.8 Å². The van der Waals surface area contributed by atoms with Crippen LogP contribution < -0.4 is 0 Å². The monoisotopic (exact) mass is 280 g/mol. The third kappa shape index (κ3) is 3.94. The highest BCUT2D eigenvalue weighted by atomic mass is 16.5. The van der Waals surface area contributed by atoms with E-state index in [2.05, 4.69) is 0 Å². The van der Waals surface area contributed by atoms with Crippen LogP contribution in [0.25, 0.3) is 0 Å². The minimum atomic E-state index is -0.424. The Balaban J connectivity index is 2.93. The number of hydrogen-bond acceptors (Lipinski definition) is 4. The van der Waals surface area contributed by atoms with Crippen LogP contribution in [-0.2, 0) is 19.1 Å². The summed E-state index contributed by atoms with van der Waals surface area (Å²) in [5.41, 5.74) is 0.444. The number of amides is 2. The van der Waals surface area contributed by atoms with Crippen molar-refractivity contribution < 1.29 is 19.1 Å². The van der Waals surface area contributed by atoms with Crippen LogP contribution in [0.1, 0.15) is 40.0 Å². The van der Waals surface area contributed by atoms with Gasteiger partial charge in [0.05, 0.1) is 18.7 Å². The average molecular weight is 280 g/mol. The SMILES string of the molecule is CCOC(=O)CC1=CN(C(=O)CC)C=CN1C(=O)CC. The lowest BCUT2D eigenvalue weighted by molar-refractivity contribution is -0.143. The molecule has 0 unspecified atom stereocenters. The molecule has 6 heteroatoms. The maximum Gasteiger partial charge on any atom is 0.311 e. The van der Waals surface area contributed by atoms with Crippen molar-refractivity contribution in [3.05, 3.63) is 24.3 Å². The van der Waals surface area contributed by atoms with E-state index in [1.807, 2.05) is 0 Å². The van der Waals surface area contributed by atoms with Crippen molar-refractivity contribution in [3.8, 4) is 0 Å². The Kier molecular flexibility index (Phi) is 5.96. The van der Waals surface area contributed by atoms with Crippen molar-refractivity contribution in [2.24, 2.45) is 0 Å². The van der Waals surface area contributed by atoms with Gasteiger partial charge in [0.1, 0.15) is 0 Å². The predicted molar refractivity (Wildman–Crippen MR) is 72.7 cm³/mol. The summed E-state index contributed by atoms with van der Waals surface area (Å²) in [6.45, 7) is 5.48. The van der Waals surface area contributed by atoms with Gasteiger partial charge in [0, 0.05) is 31.4 Å². The summed E-state index contributed by atoms with van der Waals surface area (Å²) in [5, 5.41) is 0. The van der Waals surface area contributed by atoms with E-state index in [-0.39, 0.29) is 24.8 Å². The Morgan fingerprint density at radius 1 is 1.05 bits per heavy atom. The third-order valence-electron chi connectivity index (χ3n) is 2.77. The molecule has 1 aliphatic heterocycles.